The van der Waals surface area contributed by atoms with Crippen LogP contribution in [-0.2, 0) is 0 Å². The van der Waals surface area contributed by atoms with Crippen LogP contribution in [0.25, 0.3) is 10.1 Å². The van der Waals surface area contributed by atoms with E-state index in [2.05, 4.69) is 0 Å². The summed E-state index contributed by atoms with van der Waals surface area (Å²) in [7, 11) is 0. The van der Waals surface area contributed by atoms with Crippen molar-refractivity contribution in [2.45, 2.75) is 27.7 Å². The summed E-state index contributed by atoms with van der Waals surface area (Å²) in [5.41, 5.74) is 5.63. The minimum Gasteiger partial charge on any atom is -0.389 e. The summed E-state index contributed by atoms with van der Waals surface area (Å²) >= 11 is 0.952. The van der Waals surface area contributed by atoms with Crippen molar-refractivity contribution in [3.8, 4) is 6.07 Å². The number of fused-ring (bicyclic) bond motifs is 1. The fourth-order valence-corrected chi connectivity index (χ4v) is 2.16. The molecule has 18 heavy (non-hydrogen) atoms. The van der Waals surface area contributed by atoms with Gasteiger partial charge in [0.1, 0.15) is 22.7 Å². The average Bonchev–Trinajstić information content (AvgIpc) is 2.70. The van der Waals surface area contributed by atoms with Crippen LogP contribution in [0.5, 0.6) is 0 Å². The number of hydrogen-bond donors (Lipinski definition) is 1. The standard InChI is InChI=1S/C9H4F2N2S.2C2H6/c10-4-1-5-6(3-12)9(13)14-8(5)7(11)2-4;2*1-2/h1-2H,13H2;2*1-2H3. The van der Waals surface area contributed by atoms with Crippen LogP contribution in [-0.4, -0.2) is 0 Å². The number of nitrogen functional groups attached to an aromatic ring is 1. The Hall–Kier alpha value is -1.67. The maximum absolute atomic E-state index is 13.2. The molecule has 0 aliphatic rings. The van der Waals surface area contributed by atoms with Gasteiger partial charge in [0.25, 0.3) is 0 Å². The summed E-state index contributed by atoms with van der Waals surface area (Å²) in [6, 6.07) is 3.72. The zero-order chi connectivity index (χ0) is 14.3. The first-order valence-corrected chi connectivity index (χ1v) is 6.52. The number of nitrogens with two attached hydrogens (primary N) is 1. The Balaban J connectivity index is 0.000000659. The molecule has 0 radical (unpaired) electrons. The molecule has 0 bridgehead atoms. The molecule has 0 fully saturated rings. The molecule has 0 aliphatic heterocycles. The molecule has 0 saturated carbocycles. The summed E-state index contributed by atoms with van der Waals surface area (Å²) in [6.45, 7) is 8.00. The highest BCUT2D eigenvalue weighted by Gasteiger charge is 2.13. The molecule has 2 aromatic rings. The van der Waals surface area contributed by atoms with E-state index in [9.17, 15) is 8.78 Å². The van der Waals surface area contributed by atoms with Crippen LogP contribution in [0.1, 0.15) is 33.3 Å². The Morgan fingerprint density at radius 2 is 1.72 bits per heavy atom. The van der Waals surface area contributed by atoms with E-state index in [1.54, 1.807) is 0 Å². The molecule has 0 saturated heterocycles. The molecule has 98 valence electrons. The fourth-order valence-electron chi connectivity index (χ4n) is 1.26. The van der Waals surface area contributed by atoms with Crippen LogP contribution in [0.3, 0.4) is 0 Å². The van der Waals surface area contributed by atoms with Crippen molar-refractivity contribution in [3.05, 3.63) is 29.3 Å². The lowest BCUT2D eigenvalue weighted by atomic mass is 10.2. The second kappa shape index (κ2) is 7.62. The second-order valence-corrected chi connectivity index (χ2v) is 3.77. The molecule has 0 spiro atoms. The maximum Gasteiger partial charge on any atom is 0.144 e. The number of benzene rings is 1. The predicted octanol–water partition coefficient (Wildman–Crippen LogP) is 4.69. The van der Waals surface area contributed by atoms with E-state index in [0.717, 1.165) is 23.5 Å². The lowest BCUT2D eigenvalue weighted by Gasteiger charge is -1.92. The predicted molar refractivity (Wildman–Crippen MR) is 73.6 cm³/mol. The number of nitrogens with zero attached hydrogens (tertiary/aromatic N) is 1. The van der Waals surface area contributed by atoms with E-state index in [4.69, 9.17) is 11.0 Å². The first kappa shape index (κ1) is 16.3. The van der Waals surface area contributed by atoms with Gasteiger partial charge < -0.3 is 5.73 Å². The number of halogens is 2. The van der Waals surface area contributed by atoms with Gasteiger partial charge in [0, 0.05) is 11.5 Å². The van der Waals surface area contributed by atoms with Crippen LogP contribution >= 0.6 is 11.3 Å². The van der Waals surface area contributed by atoms with E-state index in [-0.39, 0.29) is 20.7 Å². The largest absolute Gasteiger partial charge is 0.389 e. The Morgan fingerprint density at radius 3 is 2.22 bits per heavy atom. The first-order chi connectivity index (χ1) is 8.63. The molecule has 0 unspecified atom stereocenters. The molecule has 0 amide bonds. The van der Waals surface area contributed by atoms with Crippen molar-refractivity contribution >= 4 is 26.4 Å². The molecule has 0 atom stereocenters. The zero-order valence-corrected chi connectivity index (χ0v) is 11.7. The fraction of sp³-hybridized carbons (Fsp3) is 0.308. The van der Waals surface area contributed by atoms with Gasteiger partial charge in [-0.1, -0.05) is 27.7 Å². The highest BCUT2D eigenvalue weighted by atomic mass is 32.1. The maximum atomic E-state index is 13.2. The van der Waals surface area contributed by atoms with Crippen LogP contribution in [0.2, 0.25) is 0 Å². The Morgan fingerprint density at radius 1 is 1.17 bits per heavy atom. The van der Waals surface area contributed by atoms with Gasteiger partial charge in [0.15, 0.2) is 0 Å². The summed E-state index contributed by atoms with van der Waals surface area (Å²) < 4.78 is 26.2. The molecular formula is C13H16F2N2S. The lowest BCUT2D eigenvalue weighted by molar-refractivity contribution is 0.593. The summed E-state index contributed by atoms with van der Waals surface area (Å²) in [4.78, 5) is 0. The third kappa shape index (κ3) is 3.17. The van der Waals surface area contributed by atoms with Crippen molar-refractivity contribution in [1.29, 1.82) is 5.26 Å². The number of nitriles is 1. The molecule has 1 aromatic heterocycles. The van der Waals surface area contributed by atoms with Crippen LogP contribution in [0.4, 0.5) is 13.8 Å². The van der Waals surface area contributed by atoms with Crippen molar-refractivity contribution in [2.75, 3.05) is 5.73 Å². The summed E-state index contributed by atoms with van der Waals surface area (Å²) in [5.74, 6) is -1.39. The van der Waals surface area contributed by atoms with E-state index in [0.29, 0.717) is 0 Å². The quantitative estimate of drug-likeness (QED) is 0.755. The van der Waals surface area contributed by atoms with Crippen molar-refractivity contribution < 1.29 is 8.78 Å². The molecule has 1 aromatic carbocycles. The van der Waals surface area contributed by atoms with Gasteiger partial charge in [0.05, 0.1) is 10.3 Å². The lowest BCUT2D eigenvalue weighted by Crippen LogP contribution is -1.83. The number of hydrogen-bond acceptors (Lipinski definition) is 3. The molecule has 2 nitrogen and oxygen atoms in total. The van der Waals surface area contributed by atoms with Gasteiger partial charge >= 0.3 is 0 Å². The van der Waals surface area contributed by atoms with Crippen molar-refractivity contribution in [3.63, 3.8) is 0 Å². The van der Waals surface area contributed by atoms with Gasteiger partial charge in [-0.2, -0.15) is 5.26 Å². The van der Waals surface area contributed by atoms with E-state index in [1.165, 1.54) is 0 Å². The van der Waals surface area contributed by atoms with Crippen molar-refractivity contribution in [1.82, 2.24) is 0 Å². The van der Waals surface area contributed by atoms with Gasteiger partial charge in [0.2, 0.25) is 0 Å². The number of rotatable bonds is 0. The Bertz CT molecular complexity index is 556. The number of thiophene rings is 1. The van der Waals surface area contributed by atoms with Crippen LogP contribution in [0.15, 0.2) is 12.1 Å². The monoisotopic (exact) mass is 270 g/mol. The van der Waals surface area contributed by atoms with Gasteiger partial charge in [-0.05, 0) is 6.07 Å². The Labute approximate surface area is 110 Å². The highest BCUT2D eigenvalue weighted by molar-refractivity contribution is 7.23. The third-order valence-corrected chi connectivity index (χ3v) is 2.89. The second-order valence-electron chi connectivity index (χ2n) is 2.72. The highest BCUT2D eigenvalue weighted by Crippen LogP contribution is 2.35. The smallest absolute Gasteiger partial charge is 0.144 e. The van der Waals surface area contributed by atoms with E-state index < -0.39 is 11.6 Å². The first-order valence-electron chi connectivity index (χ1n) is 5.70. The topological polar surface area (TPSA) is 49.8 Å². The van der Waals surface area contributed by atoms with E-state index in [1.807, 2.05) is 33.8 Å². The summed E-state index contributed by atoms with van der Waals surface area (Å²) in [6.07, 6.45) is 0. The molecule has 0 aliphatic carbocycles. The molecule has 2 N–H and O–H groups in total. The molecule has 5 heteroatoms. The normalized spacial score (nSPS) is 8.72. The van der Waals surface area contributed by atoms with Gasteiger partial charge in [-0.3, -0.25) is 0 Å². The van der Waals surface area contributed by atoms with Gasteiger partial charge in [-0.15, -0.1) is 11.3 Å². The zero-order valence-electron chi connectivity index (χ0n) is 10.8. The van der Waals surface area contributed by atoms with Gasteiger partial charge in [-0.25, -0.2) is 8.78 Å². The van der Waals surface area contributed by atoms with Crippen molar-refractivity contribution in [2.24, 2.45) is 0 Å². The minimum absolute atomic E-state index is 0.142. The molecule has 1 heterocycles. The van der Waals surface area contributed by atoms with Crippen LogP contribution < -0.4 is 5.73 Å². The SMILES string of the molecule is CC.CC.N#Cc1c(N)sc2c(F)cc(F)cc12. The van der Waals surface area contributed by atoms with E-state index >= 15 is 0 Å². The molecule has 2 rings (SSSR count). The Kier molecular flexibility index (Phi) is 6.91. The summed E-state index contributed by atoms with van der Waals surface area (Å²) in [5, 5.41) is 9.18. The number of anilines is 1. The molecular weight excluding hydrogens is 254 g/mol. The average molecular weight is 270 g/mol. The van der Waals surface area contributed by atoms with Crippen LogP contribution in [0, 0.1) is 23.0 Å². The minimum atomic E-state index is -0.704. The third-order valence-electron chi connectivity index (χ3n) is 1.85.